The lowest BCUT2D eigenvalue weighted by atomic mass is 9.88. The van der Waals surface area contributed by atoms with Gasteiger partial charge in [-0.2, -0.15) is 0 Å². The van der Waals surface area contributed by atoms with Crippen molar-refractivity contribution in [3.63, 3.8) is 0 Å². The molecule has 2 saturated heterocycles. The molecule has 2 aromatic rings. The first-order chi connectivity index (χ1) is 15.5. The number of hydrogen-bond acceptors (Lipinski definition) is 6. The molecule has 1 amide bonds. The average Bonchev–Trinajstić information content (AvgIpc) is 2.83. The van der Waals surface area contributed by atoms with Crippen molar-refractivity contribution in [2.24, 2.45) is 0 Å². The number of morpholine rings is 1. The van der Waals surface area contributed by atoms with E-state index in [0.717, 1.165) is 25.8 Å². The number of nitrogens with zero attached hydrogens (tertiary/aromatic N) is 1. The van der Waals surface area contributed by atoms with Crippen LogP contribution in [0.2, 0.25) is 0 Å². The van der Waals surface area contributed by atoms with Gasteiger partial charge in [-0.3, -0.25) is 9.69 Å². The molecule has 0 spiro atoms. The average molecular weight is 441 g/mol. The first kappa shape index (κ1) is 22.4. The smallest absolute Gasteiger partial charge is 0.253 e. The van der Waals surface area contributed by atoms with E-state index in [2.05, 4.69) is 34.5 Å². The minimum atomic E-state index is -0.802. The molecule has 3 atom stereocenters. The van der Waals surface area contributed by atoms with Crippen LogP contribution in [0.25, 0.3) is 0 Å². The minimum absolute atomic E-state index is 0.0844. The maximum absolute atomic E-state index is 13.3. The monoisotopic (exact) mass is 440 g/mol. The summed E-state index contributed by atoms with van der Waals surface area (Å²) in [5.41, 5.74) is 0.873. The Morgan fingerprint density at radius 2 is 1.75 bits per heavy atom. The lowest BCUT2D eigenvalue weighted by Crippen LogP contribution is -2.67. The summed E-state index contributed by atoms with van der Waals surface area (Å²) in [6, 6.07) is 14.1. The highest BCUT2D eigenvalue weighted by Gasteiger charge is 2.48. The maximum Gasteiger partial charge on any atom is 0.253 e. The third kappa shape index (κ3) is 4.14. The van der Waals surface area contributed by atoms with Gasteiger partial charge >= 0.3 is 0 Å². The van der Waals surface area contributed by atoms with Crippen molar-refractivity contribution >= 4 is 5.91 Å². The molecule has 0 aliphatic carbocycles. The molecule has 172 valence electrons. The van der Waals surface area contributed by atoms with E-state index in [-0.39, 0.29) is 18.0 Å². The van der Waals surface area contributed by atoms with Gasteiger partial charge in [0, 0.05) is 5.56 Å². The van der Waals surface area contributed by atoms with Crippen molar-refractivity contribution in [1.82, 2.24) is 10.2 Å². The fourth-order valence-corrected chi connectivity index (χ4v) is 4.95. The number of ether oxygens (including phenoxy) is 4. The molecule has 0 saturated carbocycles. The summed E-state index contributed by atoms with van der Waals surface area (Å²) in [6.45, 7) is 3.49. The standard InChI is InChI=1S/C25H32N2O5/c1-25(26-24(28)18-14-20(29-2)23(31-4)21(15-18)30-3)22-12-8-9-13-27(22)19(16-32-25)17-10-6-5-7-11-17/h5-7,10-11,14-15,19,22H,8-9,12-13,16H2,1-4H3,(H,26,28). The topological polar surface area (TPSA) is 69.3 Å². The number of methoxy groups -OCH3 is 3. The van der Waals surface area contributed by atoms with Gasteiger partial charge in [0.25, 0.3) is 5.91 Å². The Kier molecular flexibility index (Phi) is 6.58. The molecular formula is C25H32N2O5. The maximum atomic E-state index is 13.3. The molecule has 7 heteroatoms. The molecule has 2 aliphatic rings. The summed E-state index contributed by atoms with van der Waals surface area (Å²) in [7, 11) is 4.61. The highest BCUT2D eigenvalue weighted by molar-refractivity contribution is 5.96. The molecule has 4 rings (SSSR count). The molecule has 0 radical (unpaired) electrons. The highest BCUT2D eigenvalue weighted by atomic mass is 16.5. The molecule has 7 nitrogen and oxygen atoms in total. The van der Waals surface area contributed by atoms with Crippen molar-refractivity contribution in [1.29, 1.82) is 0 Å². The van der Waals surface area contributed by atoms with Gasteiger partial charge in [-0.25, -0.2) is 0 Å². The SMILES string of the molecule is COc1cc(C(=O)NC2(C)OCC(c3ccccc3)N3CCCCC32)cc(OC)c1OC. The molecule has 1 N–H and O–H groups in total. The lowest BCUT2D eigenvalue weighted by Gasteiger charge is -2.54. The zero-order valence-corrected chi connectivity index (χ0v) is 19.2. The van der Waals surface area contributed by atoms with Gasteiger partial charge in [0.1, 0.15) is 0 Å². The van der Waals surface area contributed by atoms with E-state index in [1.807, 2.05) is 13.0 Å². The van der Waals surface area contributed by atoms with Crippen LogP contribution in [0.5, 0.6) is 17.2 Å². The van der Waals surface area contributed by atoms with E-state index < -0.39 is 5.72 Å². The molecule has 2 heterocycles. The van der Waals surface area contributed by atoms with Crippen molar-refractivity contribution in [2.45, 2.75) is 44.0 Å². The van der Waals surface area contributed by atoms with Crippen LogP contribution < -0.4 is 19.5 Å². The summed E-state index contributed by atoms with van der Waals surface area (Å²) in [6.07, 6.45) is 3.23. The second-order valence-electron chi connectivity index (χ2n) is 8.46. The van der Waals surface area contributed by atoms with Crippen LogP contribution >= 0.6 is 0 Å². The van der Waals surface area contributed by atoms with Gasteiger partial charge in [-0.15, -0.1) is 0 Å². The van der Waals surface area contributed by atoms with Gasteiger partial charge in [0.2, 0.25) is 5.75 Å². The van der Waals surface area contributed by atoms with E-state index in [4.69, 9.17) is 18.9 Å². The summed E-state index contributed by atoms with van der Waals surface area (Å²) in [5.74, 6) is 1.09. The quantitative estimate of drug-likeness (QED) is 0.737. The number of fused-ring (bicyclic) bond motifs is 1. The van der Waals surface area contributed by atoms with E-state index >= 15 is 0 Å². The van der Waals surface area contributed by atoms with E-state index in [1.165, 1.54) is 26.9 Å². The van der Waals surface area contributed by atoms with Crippen molar-refractivity contribution in [2.75, 3.05) is 34.5 Å². The molecule has 2 aliphatic heterocycles. The van der Waals surface area contributed by atoms with Crippen LogP contribution in [0.1, 0.15) is 48.1 Å². The van der Waals surface area contributed by atoms with Crippen molar-refractivity contribution in [3.05, 3.63) is 53.6 Å². The normalized spacial score (nSPS) is 25.5. The number of piperidine rings is 1. The van der Waals surface area contributed by atoms with E-state index in [9.17, 15) is 4.79 Å². The van der Waals surface area contributed by atoms with E-state index in [1.54, 1.807) is 12.1 Å². The van der Waals surface area contributed by atoms with Gasteiger partial charge in [-0.1, -0.05) is 36.8 Å². The molecule has 2 fully saturated rings. The Morgan fingerprint density at radius 1 is 1.06 bits per heavy atom. The largest absolute Gasteiger partial charge is 0.493 e. The van der Waals surface area contributed by atoms with Gasteiger partial charge in [-0.05, 0) is 44.0 Å². The number of carbonyl (C=O) groups excluding carboxylic acids is 1. The molecule has 32 heavy (non-hydrogen) atoms. The van der Waals surface area contributed by atoms with Crippen LogP contribution in [0.3, 0.4) is 0 Å². The third-order valence-electron chi connectivity index (χ3n) is 6.59. The number of benzene rings is 2. The second-order valence-corrected chi connectivity index (χ2v) is 8.46. The highest BCUT2D eigenvalue weighted by Crippen LogP contribution is 2.41. The first-order valence-corrected chi connectivity index (χ1v) is 11.1. The zero-order chi connectivity index (χ0) is 22.7. The Labute approximate surface area is 189 Å². The first-order valence-electron chi connectivity index (χ1n) is 11.1. The molecule has 0 aromatic heterocycles. The number of hydrogen-bond donors (Lipinski definition) is 1. The lowest BCUT2D eigenvalue weighted by molar-refractivity contribution is -0.184. The van der Waals surface area contributed by atoms with Crippen LogP contribution in [0, 0.1) is 0 Å². The minimum Gasteiger partial charge on any atom is -0.493 e. The Hall–Kier alpha value is -2.77. The summed E-state index contributed by atoms with van der Waals surface area (Å²) >= 11 is 0. The number of carbonyl (C=O) groups is 1. The van der Waals surface area contributed by atoms with Crippen LogP contribution in [-0.4, -0.2) is 57.1 Å². The fourth-order valence-electron chi connectivity index (χ4n) is 4.95. The van der Waals surface area contributed by atoms with Crippen molar-refractivity contribution < 1.29 is 23.7 Å². The Bertz CT molecular complexity index is 926. The van der Waals surface area contributed by atoms with E-state index in [0.29, 0.717) is 29.4 Å². The van der Waals surface area contributed by atoms with Gasteiger partial charge < -0.3 is 24.3 Å². The van der Waals surface area contributed by atoms with Crippen LogP contribution in [0.4, 0.5) is 0 Å². The Morgan fingerprint density at radius 3 is 2.38 bits per heavy atom. The van der Waals surface area contributed by atoms with Crippen molar-refractivity contribution in [3.8, 4) is 17.2 Å². The molecule has 2 aromatic carbocycles. The Balaban J connectivity index is 1.59. The van der Waals surface area contributed by atoms with Gasteiger partial charge in [0.15, 0.2) is 17.2 Å². The summed E-state index contributed by atoms with van der Waals surface area (Å²) in [4.78, 5) is 15.8. The fraction of sp³-hybridized carbons (Fsp3) is 0.480. The zero-order valence-electron chi connectivity index (χ0n) is 19.2. The summed E-state index contributed by atoms with van der Waals surface area (Å²) in [5, 5.41) is 3.17. The van der Waals surface area contributed by atoms with Crippen LogP contribution in [-0.2, 0) is 4.74 Å². The predicted molar refractivity (Wildman–Crippen MR) is 121 cm³/mol. The molecular weight excluding hydrogens is 408 g/mol. The number of amides is 1. The number of nitrogens with one attached hydrogen (secondary N) is 1. The van der Waals surface area contributed by atoms with Crippen LogP contribution in [0.15, 0.2) is 42.5 Å². The predicted octanol–water partition coefficient (Wildman–Crippen LogP) is 3.78. The number of rotatable bonds is 6. The molecule has 3 unspecified atom stereocenters. The third-order valence-corrected chi connectivity index (χ3v) is 6.59. The second kappa shape index (κ2) is 9.38. The molecule has 0 bridgehead atoms. The summed E-state index contributed by atoms with van der Waals surface area (Å²) < 4.78 is 22.6. The van der Waals surface area contributed by atoms with Gasteiger partial charge in [0.05, 0.1) is 40.0 Å².